The highest BCUT2D eigenvalue weighted by Crippen LogP contribution is 2.40. The van der Waals surface area contributed by atoms with Gasteiger partial charge >= 0.3 is 0 Å². The highest BCUT2D eigenvalue weighted by molar-refractivity contribution is 7.11. The fourth-order valence-corrected chi connectivity index (χ4v) is 4.93. The van der Waals surface area contributed by atoms with Crippen molar-refractivity contribution in [3.8, 4) is 0 Å². The molecular weight excluding hydrogens is 390 g/mol. The summed E-state index contributed by atoms with van der Waals surface area (Å²) in [6.45, 7) is 7.33. The maximum atomic E-state index is 13.3. The summed E-state index contributed by atoms with van der Waals surface area (Å²) >= 11 is 1.36. The van der Waals surface area contributed by atoms with Gasteiger partial charge in [-0.05, 0) is 33.6 Å². The summed E-state index contributed by atoms with van der Waals surface area (Å²) in [7, 11) is 1.61. The van der Waals surface area contributed by atoms with E-state index in [1.54, 1.807) is 17.5 Å². The van der Waals surface area contributed by atoms with Crippen molar-refractivity contribution in [1.82, 2.24) is 19.9 Å². The van der Waals surface area contributed by atoms with Crippen LogP contribution in [0.2, 0.25) is 0 Å². The number of fused-ring (bicyclic) bond motifs is 1. The Bertz CT molecular complexity index is 975. The number of nitrogens with zero attached hydrogens (tertiary/aromatic N) is 5. The molecule has 29 heavy (non-hydrogen) atoms. The second-order valence-electron chi connectivity index (χ2n) is 7.75. The first-order valence-electron chi connectivity index (χ1n) is 9.76. The molecule has 4 heterocycles. The molecule has 8 nitrogen and oxygen atoms in total. The number of rotatable bonds is 5. The molecule has 0 N–H and O–H groups in total. The Morgan fingerprint density at radius 3 is 2.79 bits per heavy atom. The lowest BCUT2D eigenvalue weighted by Gasteiger charge is -2.34. The number of hydrogen-bond donors (Lipinski definition) is 0. The Balaban J connectivity index is 1.73. The van der Waals surface area contributed by atoms with E-state index < -0.39 is 5.54 Å². The molecule has 0 radical (unpaired) electrons. The Morgan fingerprint density at radius 1 is 1.31 bits per heavy atom. The van der Waals surface area contributed by atoms with Crippen LogP contribution in [0.15, 0.2) is 5.51 Å². The molecule has 1 unspecified atom stereocenters. The zero-order valence-electron chi connectivity index (χ0n) is 17.2. The zero-order valence-corrected chi connectivity index (χ0v) is 18.0. The minimum atomic E-state index is -0.619. The molecule has 0 aliphatic carbocycles. The van der Waals surface area contributed by atoms with Gasteiger partial charge in [-0.15, -0.1) is 11.3 Å². The molecule has 2 amide bonds. The molecule has 154 valence electrons. The van der Waals surface area contributed by atoms with Crippen molar-refractivity contribution in [2.75, 3.05) is 31.7 Å². The number of ether oxygens (including phenoxy) is 1. The second-order valence-corrected chi connectivity index (χ2v) is 8.61. The summed E-state index contributed by atoms with van der Waals surface area (Å²) in [6.07, 6.45) is 1.97. The minimum absolute atomic E-state index is 0.0105. The van der Waals surface area contributed by atoms with E-state index in [0.29, 0.717) is 42.6 Å². The van der Waals surface area contributed by atoms with Gasteiger partial charge in [-0.25, -0.2) is 15.0 Å². The van der Waals surface area contributed by atoms with Gasteiger partial charge in [0.15, 0.2) is 5.82 Å². The number of anilines is 1. The fourth-order valence-electron chi connectivity index (χ4n) is 4.18. The van der Waals surface area contributed by atoms with E-state index >= 15 is 0 Å². The maximum Gasteiger partial charge on any atom is 0.266 e. The summed E-state index contributed by atoms with van der Waals surface area (Å²) in [4.78, 5) is 43.8. The van der Waals surface area contributed by atoms with Crippen molar-refractivity contribution in [3.05, 3.63) is 33.2 Å². The van der Waals surface area contributed by atoms with E-state index in [2.05, 4.69) is 4.98 Å². The number of carbonyl (C=O) groups is 2. The Labute approximate surface area is 173 Å². The molecular formula is C20H25N5O3S. The van der Waals surface area contributed by atoms with Crippen LogP contribution in [0.5, 0.6) is 0 Å². The summed E-state index contributed by atoms with van der Waals surface area (Å²) in [5.74, 6) is 1.23. The lowest BCUT2D eigenvalue weighted by molar-refractivity contribution is -0.117. The van der Waals surface area contributed by atoms with Gasteiger partial charge in [-0.2, -0.15) is 0 Å². The Kier molecular flexibility index (Phi) is 5.12. The second kappa shape index (κ2) is 7.46. The topological polar surface area (TPSA) is 88.5 Å². The van der Waals surface area contributed by atoms with Gasteiger partial charge in [0.25, 0.3) is 5.91 Å². The lowest BCUT2D eigenvalue weighted by atomic mass is 9.96. The van der Waals surface area contributed by atoms with Crippen LogP contribution in [0.3, 0.4) is 0 Å². The minimum Gasteiger partial charge on any atom is -0.383 e. The first kappa shape index (κ1) is 19.9. The third-order valence-corrected chi connectivity index (χ3v) is 6.82. The monoisotopic (exact) mass is 415 g/mol. The largest absolute Gasteiger partial charge is 0.383 e. The number of hydrogen-bond acceptors (Lipinski definition) is 7. The molecule has 2 aliphatic heterocycles. The van der Waals surface area contributed by atoms with Crippen LogP contribution in [0.1, 0.15) is 52.2 Å². The predicted octanol–water partition coefficient (Wildman–Crippen LogP) is 2.24. The van der Waals surface area contributed by atoms with Crippen molar-refractivity contribution >= 4 is 29.0 Å². The molecule has 0 spiro atoms. The quantitative estimate of drug-likeness (QED) is 0.744. The van der Waals surface area contributed by atoms with E-state index in [1.807, 2.05) is 25.7 Å². The van der Waals surface area contributed by atoms with Crippen LogP contribution in [0, 0.1) is 13.8 Å². The molecule has 1 fully saturated rings. The van der Waals surface area contributed by atoms with E-state index in [9.17, 15) is 9.59 Å². The van der Waals surface area contributed by atoms with Crippen molar-refractivity contribution in [3.63, 3.8) is 0 Å². The van der Waals surface area contributed by atoms with Gasteiger partial charge in [0, 0.05) is 24.9 Å². The highest BCUT2D eigenvalue weighted by atomic mass is 32.1. The molecule has 0 aromatic carbocycles. The molecule has 1 saturated heterocycles. The molecule has 2 aromatic rings. The predicted molar refractivity (Wildman–Crippen MR) is 109 cm³/mol. The molecule has 9 heteroatoms. The lowest BCUT2D eigenvalue weighted by Crippen LogP contribution is -2.44. The van der Waals surface area contributed by atoms with Crippen molar-refractivity contribution < 1.29 is 14.3 Å². The Morgan fingerprint density at radius 2 is 2.10 bits per heavy atom. The Hall–Kier alpha value is -2.39. The number of methoxy groups -OCH3 is 1. The number of thiazole rings is 1. The summed E-state index contributed by atoms with van der Waals surface area (Å²) in [5, 5.41) is 0. The van der Waals surface area contributed by atoms with Crippen molar-refractivity contribution in [1.29, 1.82) is 0 Å². The standard InChI is InChI=1S/C20H25N5O3S/c1-12-14-10-15(26)24(8-9-28-4)17(14)23-19(22-12)20(3)6-5-7-25(20)18(27)16-13(2)21-11-29-16/h11H,5-10H2,1-4H3. The molecule has 0 saturated carbocycles. The number of carbonyl (C=O) groups excluding carboxylic acids is 2. The number of amides is 2. The normalized spacial score (nSPS) is 21.2. The number of likely N-dealkylation sites (tertiary alicyclic amines) is 1. The van der Waals surface area contributed by atoms with Crippen LogP contribution in [0.25, 0.3) is 0 Å². The smallest absolute Gasteiger partial charge is 0.266 e. The van der Waals surface area contributed by atoms with Gasteiger partial charge in [0.1, 0.15) is 16.2 Å². The summed E-state index contributed by atoms with van der Waals surface area (Å²) in [5.41, 5.74) is 3.49. The van der Waals surface area contributed by atoms with Crippen molar-refractivity contribution in [2.24, 2.45) is 0 Å². The first-order valence-corrected chi connectivity index (χ1v) is 10.6. The average Bonchev–Trinajstić information content (AvgIpc) is 3.37. The third-order valence-electron chi connectivity index (χ3n) is 5.90. The van der Waals surface area contributed by atoms with Gasteiger partial charge in [-0.3, -0.25) is 14.5 Å². The molecule has 0 bridgehead atoms. The van der Waals surface area contributed by atoms with Crippen LogP contribution in [-0.2, 0) is 21.5 Å². The van der Waals surface area contributed by atoms with E-state index in [-0.39, 0.29) is 11.8 Å². The van der Waals surface area contributed by atoms with E-state index in [0.717, 1.165) is 29.8 Å². The first-order chi connectivity index (χ1) is 13.9. The fraction of sp³-hybridized carbons (Fsp3) is 0.550. The van der Waals surface area contributed by atoms with Crippen LogP contribution >= 0.6 is 11.3 Å². The van der Waals surface area contributed by atoms with Gasteiger partial charge in [0.05, 0.1) is 30.8 Å². The molecule has 1 atom stereocenters. The number of aromatic nitrogens is 3. The zero-order chi connectivity index (χ0) is 20.8. The number of aryl methyl sites for hydroxylation is 2. The molecule has 4 rings (SSSR count). The summed E-state index contributed by atoms with van der Waals surface area (Å²) in [6, 6.07) is 0. The highest BCUT2D eigenvalue weighted by Gasteiger charge is 2.45. The van der Waals surface area contributed by atoms with Gasteiger partial charge < -0.3 is 9.64 Å². The van der Waals surface area contributed by atoms with Crippen LogP contribution < -0.4 is 4.90 Å². The van der Waals surface area contributed by atoms with Crippen molar-refractivity contribution in [2.45, 2.75) is 45.6 Å². The summed E-state index contributed by atoms with van der Waals surface area (Å²) < 4.78 is 5.15. The van der Waals surface area contributed by atoms with Gasteiger partial charge in [0.2, 0.25) is 5.91 Å². The third kappa shape index (κ3) is 3.22. The van der Waals surface area contributed by atoms with Crippen LogP contribution in [-0.4, -0.2) is 58.5 Å². The van der Waals surface area contributed by atoms with Crippen LogP contribution in [0.4, 0.5) is 5.82 Å². The SMILES string of the molecule is COCCN1C(=O)Cc2c(C)nc(C3(C)CCCN3C(=O)c3scnc3C)nc21. The average molecular weight is 416 g/mol. The van der Waals surface area contributed by atoms with E-state index in [1.165, 1.54) is 11.3 Å². The molecule has 2 aliphatic rings. The molecule has 2 aromatic heterocycles. The van der Waals surface area contributed by atoms with E-state index in [4.69, 9.17) is 14.7 Å². The van der Waals surface area contributed by atoms with Gasteiger partial charge in [-0.1, -0.05) is 0 Å². The maximum absolute atomic E-state index is 13.3.